The monoisotopic (exact) mass is 330 g/mol. The van der Waals surface area contributed by atoms with Crippen LogP contribution in [0.5, 0.6) is 0 Å². The van der Waals surface area contributed by atoms with Gasteiger partial charge in [-0.1, -0.05) is 58.8 Å². The summed E-state index contributed by atoms with van der Waals surface area (Å²) in [6.45, 7) is 4.05. The quantitative estimate of drug-likeness (QED) is 0.305. The molecule has 2 atom stereocenters. The number of aliphatic hydroxyl groups is 1. The molecule has 6 heteroatoms. The van der Waals surface area contributed by atoms with Crippen LogP contribution in [0.1, 0.15) is 84.5 Å². The van der Waals surface area contributed by atoms with Crippen molar-refractivity contribution in [2.45, 2.75) is 95.8 Å². The number of aliphatic hydroxyl groups excluding tert-OH is 1. The molecule has 122 valence electrons. The van der Waals surface area contributed by atoms with Crippen molar-refractivity contribution in [3.8, 4) is 0 Å². The predicted molar refractivity (Wildman–Crippen MR) is 81.6 cm³/mol. The van der Waals surface area contributed by atoms with Gasteiger partial charge >= 0.3 is 29.6 Å². The van der Waals surface area contributed by atoms with Crippen LogP contribution in [0.25, 0.3) is 0 Å². The van der Waals surface area contributed by atoms with Crippen molar-refractivity contribution >= 4 is 10.1 Å². The Hall–Kier alpha value is 0.870. The molecule has 0 fully saturated rings. The number of rotatable bonds is 13. The molecular weight excluding hydrogens is 299 g/mol. The van der Waals surface area contributed by atoms with Crippen molar-refractivity contribution in [3.63, 3.8) is 0 Å². The summed E-state index contributed by atoms with van der Waals surface area (Å²) in [6, 6.07) is 0. The molecule has 0 rings (SSSR count). The van der Waals surface area contributed by atoms with Crippen molar-refractivity contribution in [3.05, 3.63) is 0 Å². The van der Waals surface area contributed by atoms with Gasteiger partial charge in [-0.2, -0.15) is 0 Å². The zero-order valence-corrected chi connectivity index (χ0v) is 16.8. The van der Waals surface area contributed by atoms with E-state index in [1.807, 2.05) is 6.92 Å². The summed E-state index contributed by atoms with van der Waals surface area (Å²) < 4.78 is 33.7. The van der Waals surface area contributed by atoms with Crippen LogP contribution in [0.2, 0.25) is 0 Å². The van der Waals surface area contributed by atoms with Crippen LogP contribution in [0.15, 0.2) is 0 Å². The first-order chi connectivity index (χ1) is 9.41. The Morgan fingerprint density at radius 3 is 1.81 bits per heavy atom. The summed E-state index contributed by atoms with van der Waals surface area (Å²) in [5.41, 5.74) is 0. The Morgan fingerprint density at radius 1 is 0.905 bits per heavy atom. The standard InChI is InChI=1S/C15H32O4S.Na/c1-3-5-6-9-12-15(20(17,18)19)13-10-7-8-11-14(16)4-2;/h14-16H,3-13H2,1-2H3,(H,17,18,19);/q;+1/p-1. The van der Waals surface area contributed by atoms with E-state index >= 15 is 0 Å². The maximum atomic E-state index is 11.2. The maximum absolute atomic E-state index is 11.2. The van der Waals surface area contributed by atoms with E-state index in [0.717, 1.165) is 57.8 Å². The summed E-state index contributed by atoms with van der Waals surface area (Å²) in [5, 5.41) is 8.70. The van der Waals surface area contributed by atoms with E-state index in [4.69, 9.17) is 0 Å². The molecule has 0 aliphatic carbocycles. The topological polar surface area (TPSA) is 77.4 Å². The van der Waals surface area contributed by atoms with E-state index in [0.29, 0.717) is 12.8 Å². The smallest absolute Gasteiger partial charge is 0.748 e. The van der Waals surface area contributed by atoms with Crippen LogP contribution < -0.4 is 29.6 Å². The van der Waals surface area contributed by atoms with E-state index in [-0.39, 0.29) is 35.7 Å². The predicted octanol–water partition coefficient (Wildman–Crippen LogP) is 0.596. The SMILES string of the molecule is CCCCCCC(CCCCCC(O)CC)S(=O)(=O)[O-].[Na+]. The van der Waals surface area contributed by atoms with Gasteiger partial charge in [0.25, 0.3) is 0 Å². The molecular formula is C15H31NaO4S. The molecule has 1 N–H and O–H groups in total. The first kappa shape index (κ1) is 24.1. The second-order valence-electron chi connectivity index (χ2n) is 5.66. The number of hydrogen-bond acceptors (Lipinski definition) is 4. The van der Waals surface area contributed by atoms with Crippen LogP contribution in [0.4, 0.5) is 0 Å². The molecule has 21 heavy (non-hydrogen) atoms. The van der Waals surface area contributed by atoms with Crippen molar-refractivity contribution in [2.75, 3.05) is 0 Å². The molecule has 0 radical (unpaired) electrons. The molecule has 0 spiro atoms. The molecule has 0 bridgehead atoms. The van der Waals surface area contributed by atoms with Crippen LogP contribution in [0, 0.1) is 0 Å². The Morgan fingerprint density at radius 2 is 1.38 bits per heavy atom. The molecule has 0 aromatic heterocycles. The van der Waals surface area contributed by atoms with E-state index in [9.17, 15) is 18.1 Å². The molecule has 0 heterocycles. The third-order valence-corrected chi connectivity index (χ3v) is 5.11. The minimum Gasteiger partial charge on any atom is -0.748 e. The van der Waals surface area contributed by atoms with Gasteiger partial charge in [0.2, 0.25) is 0 Å². The summed E-state index contributed by atoms with van der Waals surface area (Å²) in [5.74, 6) is 0. The van der Waals surface area contributed by atoms with Gasteiger partial charge in [-0.05, 0) is 25.7 Å². The second-order valence-corrected chi connectivity index (χ2v) is 7.32. The van der Waals surface area contributed by atoms with Crippen LogP contribution in [0.3, 0.4) is 0 Å². The van der Waals surface area contributed by atoms with E-state index in [1.165, 1.54) is 0 Å². The summed E-state index contributed by atoms with van der Waals surface area (Å²) in [6.07, 6.45) is 8.84. The fourth-order valence-electron chi connectivity index (χ4n) is 2.36. The third kappa shape index (κ3) is 14.2. The average molecular weight is 330 g/mol. The largest absolute Gasteiger partial charge is 1.00 e. The van der Waals surface area contributed by atoms with Gasteiger partial charge in [0.1, 0.15) is 0 Å². The van der Waals surface area contributed by atoms with Crippen molar-refractivity contribution in [1.82, 2.24) is 0 Å². The summed E-state index contributed by atoms with van der Waals surface area (Å²) in [4.78, 5) is 0. The molecule has 0 aromatic rings. The molecule has 0 aliphatic rings. The van der Waals surface area contributed by atoms with Gasteiger partial charge in [0.15, 0.2) is 0 Å². The summed E-state index contributed by atoms with van der Waals surface area (Å²) >= 11 is 0. The average Bonchev–Trinajstić information content (AvgIpc) is 2.39. The van der Waals surface area contributed by atoms with Gasteiger partial charge in [0, 0.05) is 5.25 Å². The summed E-state index contributed by atoms with van der Waals surface area (Å²) in [7, 11) is -4.16. The van der Waals surface area contributed by atoms with E-state index < -0.39 is 15.4 Å². The first-order valence-electron chi connectivity index (χ1n) is 8.04. The fraction of sp³-hybridized carbons (Fsp3) is 1.00. The van der Waals surface area contributed by atoms with E-state index in [1.54, 1.807) is 0 Å². The number of hydrogen-bond donors (Lipinski definition) is 1. The number of unbranched alkanes of at least 4 members (excludes halogenated alkanes) is 5. The molecule has 0 amide bonds. The van der Waals surface area contributed by atoms with Gasteiger partial charge in [0.05, 0.1) is 16.2 Å². The zero-order chi connectivity index (χ0) is 15.4. The van der Waals surface area contributed by atoms with Crippen molar-refractivity contribution < 1.29 is 47.6 Å². The van der Waals surface area contributed by atoms with Crippen LogP contribution >= 0.6 is 0 Å². The van der Waals surface area contributed by atoms with Crippen LogP contribution in [-0.2, 0) is 10.1 Å². The third-order valence-electron chi connectivity index (χ3n) is 3.82. The van der Waals surface area contributed by atoms with E-state index in [2.05, 4.69) is 6.92 Å². The molecule has 0 saturated heterocycles. The van der Waals surface area contributed by atoms with Gasteiger partial charge in [-0.3, -0.25) is 0 Å². The Kier molecular flexibility index (Phi) is 16.6. The second kappa shape index (κ2) is 14.5. The van der Waals surface area contributed by atoms with Crippen molar-refractivity contribution in [1.29, 1.82) is 0 Å². The molecule has 0 saturated carbocycles. The van der Waals surface area contributed by atoms with Gasteiger partial charge in [-0.25, -0.2) is 8.42 Å². The van der Waals surface area contributed by atoms with Gasteiger partial charge < -0.3 is 9.66 Å². The normalized spacial score (nSPS) is 14.5. The maximum Gasteiger partial charge on any atom is 1.00 e. The first-order valence-corrected chi connectivity index (χ1v) is 9.51. The van der Waals surface area contributed by atoms with Gasteiger partial charge in [-0.15, -0.1) is 0 Å². The minimum atomic E-state index is -4.16. The molecule has 2 unspecified atom stereocenters. The minimum absolute atomic E-state index is 0. The molecule has 0 aliphatic heterocycles. The fourth-order valence-corrected chi connectivity index (χ4v) is 3.28. The molecule has 4 nitrogen and oxygen atoms in total. The Labute approximate surface area is 153 Å². The van der Waals surface area contributed by atoms with Crippen LogP contribution in [-0.4, -0.2) is 29.4 Å². The Bertz CT molecular complexity index is 320. The zero-order valence-electron chi connectivity index (χ0n) is 14.0. The molecule has 0 aromatic carbocycles. The van der Waals surface area contributed by atoms with Crippen molar-refractivity contribution in [2.24, 2.45) is 0 Å². The Balaban J connectivity index is 0.